The van der Waals surface area contributed by atoms with Crippen molar-refractivity contribution in [3.05, 3.63) is 65.4 Å². The second kappa shape index (κ2) is 6.37. The van der Waals surface area contributed by atoms with E-state index in [2.05, 4.69) is 4.98 Å². The summed E-state index contributed by atoms with van der Waals surface area (Å²) in [6.45, 7) is 1.33. The molecule has 0 saturated carbocycles. The summed E-state index contributed by atoms with van der Waals surface area (Å²) in [5.41, 5.74) is -2.90. The van der Waals surface area contributed by atoms with Crippen LogP contribution in [-0.2, 0) is 12.4 Å². The Hall–Kier alpha value is -2.90. The molecule has 0 radical (unpaired) electrons. The van der Waals surface area contributed by atoms with Gasteiger partial charge in [-0.25, -0.2) is 4.98 Å². The van der Waals surface area contributed by atoms with Crippen molar-refractivity contribution in [2.24, 2.45) is 0 Å². The predicted molar refractivity (Wildman–Crippen MR) is 87.2 cm³/mol. The highest BCUT2D eigenvalue weighted by molar-refractivity contribution is 5.98. The van der Waals surface area contributed by atoms with Gasteiger partial charge in [-0.1, -0.05) is 36.4 Å². The van der Waals surface area contributed by atoms with Crippen molar-refractivity contribution in [2.45, 2.75) is 19.3 Å². The predicted octanol–water partition coefficient (Wildman–Crippen LogP) is 6.14. The lowest BCUT2D eigenvalue weighted by atomic mass is 9.96. The monoisotopic (exact) mass is 383 g/mol. The minimum atomic E-state index is -4.92. The lowest BCUT2D eigenvalue weighted by Crippen LogP contribution is -2.12. The van der Waals surface area contributed by atoms with Gasteiger partial charge in [-0.15, -0.1) is 0 Å². The van der Waals surface area contributed by atoms with Crippen molar-refractivity contribution in [1.82, 2.24) is 4.98 Å². The second-order valence-corrected chi connectivity index (χ2v) is 5.89. The van der Waals surface area contributed by atoms with E-state index in [0.29, 0.717) is 17.7 Å². The topological polar surface area (TPSA) is 30.0 Å². The fourth-order valence-electron chi connectivity index (χ4n) is 2.75. The molecule has 3 rings (SSSR count). The molecule has 2 nitrogen and oxygen atoms in total. The number of pyridine rings is 1. The van der Waals surface area contributed by atoms with Gasteiger partial charge in [0.05, 0.1) is 11.1 Å². The van der Waals surface area contributed by atoms with Crippen LogP contribution >= 0.6 is 0 Å². The fourth-order valence-corrected chi connectivity index (χ4v) is 2.75. The Bertz CT molecular complexity index is 1020. The molecule has 0 N–H and O–H groups in total. The van der Waals surface area contributed by atoms with Crippen LogP contribution in [0.5, 0.6) is 0 Å². The van der Waals surface area contributed by atoms with Gasteiger partial charge in [0.1, 0.15) is 5.69 Å². The van der Waals surface area contributed by atoms with Crippen LogP contribution in [0, 0.1) is 0 Å². The number of carbonyl (C=O) groups excluding carboxylic acids is 1. The Labute approximate surface area is 149 Å². The Balaban J connectivity index is 2.35. The zero-order chi connectivity index (χ0) is 20.0. The number of ketones is 1. The van der Waals surface area contributed by atoms with Crippen LogP contribution < -0.4 is 0 Å². The molecule has 0 aliphatic rings. The second-order valence-electron chi connectivity index (χ2n) is 5.89. The van der Waals surface area contributed by atoms with Crippen molar-refractivity contribution < 1.29 is 31.1 Å². The molecule has 140 valence electrons. The lowest BCUT2D eigenvalue weighted by molar-refractivity contribution is -0.142. The maximum atomic E-state index is 13.3. The van der Waals surface area contributed by atoms with Crippen LogP contribution in [0.4, 0.5) is 26.3 Å². The van der Waals surface area contributed by atoms with Gasteiger partial charge in [0.2, 0.25) is 0 Å². The van der Waals surface area contributed by atoms with Crippen LogP contribution in [0.25, 0.3) is 22.0 Å². The Kier molecular flexibility index (Phi) is 4.45. The number of halogens is 6. The molecule has 27 heavy (non-hydrogen) atoms. The van der Waals surface area contributed by atoms with Crippen LogP contribution in [0.1, 0.15) is 28.5 Å². The summed E-state index contributed by atoms with van der Waals surface area (Å²) >= 11 is 0. The number of rotatable bonds is 2. The molecule has 0 aliphatic carbocycles. The zero-order valence-electron chi connectivity index (χ0n) is 13.7. The SMILES string of the molecule is CC(=O)c1ccc(-c2cc(C(F)(F)F)nc3c(C(F)(F)F)cccc23)cc1. The first-order chi connectivity index (χ1) is 12.5. The standard InChI is InChI=1S/C19H11F6NO/c1-10(27)11-5-7-12(8-6-11)14-9-16(19(23,24)25)26-17-13(14)3-2-4-15(17)18(20,21)22/h2-9H,1H3. The van der Waals surface area contributed by atoms with Gasteiger partial charge in [-0.2, -0.15) is 26.3 Å². The van der Waals surface area contributed by atoms with E-state index >= 15 is 0 Å². The smallest absolute Gasteiger partial charge is 0.295 e. The molecule has 0 fully saturated rings. The van der Waals surface area contributed by atoms with E-state index in [-0.39, 0.29) is 22.3 Å². The summed E-state index contributed by atoms with van der Waals surface area (Å²) in [5, 5.41) is -0.0617. The Morgan fingerprint density at radius 1 is 0.889 bits per heavy atom. The number of benzene rings is 2. The van der Waals surface area contributed by atoms with Gasteiger partial charge in [0, 0.05) is 10.9 Å². The number of para-hydroxylation sites is 1. The fraction of sp³-hybridized carbons (Fsp3) is 0.158. The first-order valence-electron chi connectivity index (χ1n) is 7.68. The van der Waals surface area contributed by atoms with Gasteiger partial charge in [-0.05, 0) is 30.2 Å². The number of carbonyl (C=O) groups is 1. The number of hydrogen-bond acceptors (Lipinski definition) is 2. The number of fused-ring (bicyclic) bond motifs is 1. The number of nitrogens with zero attached hydrogens (tertiary/aromatic N) is 1. The molecule has 0 aliphatic heterocycles. The summed E-state index contributed by atoms with van der Waals surface area (Å²) in [6, 6.07) is 9.41. The third-order valence-corrected chi connectivity index (χ3v) is 4.04. The van der Waals surface area contributed by atoms with Crippen LogP contribution in [0.3, 0.4) is 0 Å². The average molecular weight is 383 g/mol. The highest BCUT2D eigenvalue weighted by atomic mass is 19.4. The quantitative estimate of drug-likeness (QED) is 0.393. The van der Waals surface area contributed by atoms with Gasteiger partial charge in [0.25, 0.3) is 0 Å². The molecule has 0 spiro atoms. The van der Waals surface area contributed by atoms with E-state index in [4.69, 9.17) is 0 Å². The zero-order valence-corrected chi connectivity index (χ0v) is 13.7. The summed E-state index contributed by atoms with van der Waals surface area (Å²) in [5.74, 6) is -0.239. The van der Waals surface area contributed by atoms with Gasteiger partial charge < -0.3 is 0 Å². The third kappa shape index (κ3) is 3.65. The minimum Gasteiger partial charge on any atom is -0.295 e. The van der Waals surface area contributed by atoms with E-state index in [9.17, 15) is 31.1 Å². The van der Waals surface area contributed by atoms with Crippen LogP contribution in [0.2, 0.25) is 0 Å². The van der Waals surface area contributed by atoms with Gasteiger partial charge >= 0.3 is 12.4 Å². The van der Waals surface area contributed by atoms with Crippen molar-refractivity contribution in [3.63, 3.8) is 0 Å². The van der Waals surface area contributed by atoms with E-state index in [0.717, 1.165) is 6.07 Å². The summed E-state index contributed by atoms with van der Waals surface area (Å²) in [4.78, 5) is 14.6. The number of Topliss-reactive ketones (excluding diaryl/α,β-unsaturated/α-hetero) is 1. The number of aromatic nitrogens is 1. The molecule has 0 atom stereocenters. The molecule has 0 bridgehead atoms. The summed E-state index contributed by atoms with van der Waals surface area (Å²) in [6.07, 6.45) is -9.77. The minimum absolute atomic E-state index is 0.0477. The Morgan fingerprint density at radius 2 is 1.52 bits per heavy atom. The van der Waals surface area contributed by atoms with Crippen LogP contribution in [-0.4, -0.2) is 10.8 Å². The molecular formula is C19H11F6NO. The largest absolute Gasteiger partial charge is 0.433 e. The van der Waals surface area contributed by atoms with E-state index in [1.54, 1.807) is 0 Å². The first-order valence-corrected chi connectivity index (χ1v) is 7.68. The molecule has 8 heteroatoms. The van der Waals surface area contributed by atoms with Crippen molar-refractivity contribution in [1.29, 1.82) is 0 Å². The normalized spacial score (nSPS) is 12.4. The third-order valence-electron chi connectivity index (χ3n) is 4.04. The lowest BCUT2D eigenvalue weighted by Gasteiger charge is -2.16. The molecule has 2 aromatic carbocycles. The molecule has 1 heterocycles. The van der Waals surface area contributed by atoms with Crippen LogP contribution in [0.15, 0.2) is 48.5 Å². The molecular weight excluding hydrogens is 372 g/mol. The molecule has 1 aromatic heterocycles. The molecule has 0 amide bonds. The highest BCUT2D eigenvalue weighted by Crippen LogP contribution is 2.40. The molecule has 0 unspecified atom stereocenters. The van der Waals surface area contributed by atoms with Crippen molar-refractivity contribution in [3.8, 4) is 11.1 Å². The number of hydrogen-bond donors (Lipinski definition) is 0. The molecule has 0 saturated heterocycles. The van der Waals surface area contributed by atoms with E-state index in [1.807, 2.05) is 0 Å². The maximum absolute atomic E-state index is 13.3. The van der Waals surface area contributed by atoms with Gasteiger partial charge in [-0.3, -0.25) is 4.79 Å². The van der Waals surface area contributed by atoms with Crippen molar-refractivity contribution in [2.75, 3.05) is 0 Å². The maximum Gasteiger partial charge on any atom is 0.433 e. The van der Waals surface area contributed by atoms with E-state index < -0.39 is 29.1 Å². The molecule has 3 aromatic rings. The first kappa shape index (κ1) is 18.9. The van der Waals surface area contributed by atoms with Gasteiger partial charge in [0.15, 0.2) is 5.78 Å². The summed E-state index contributed by atoms with van der Waals surface area (Å²) < 4.78 is 79.5. The highest BCUT2D eigenvalue weighted by Gasteiger charge is 2.37. The van der Waals surface area contributed by atoms with Crippen molar-refractivity contribution >= 4 is 16.7 Å². The van der Waals surface area contributed by atoms with E-state index in [1.165, 1.54) is 37.3 Å². The number of alkyl halides is 6. The Morgan fingerprint density at radius 3 is 2.04 bits per heavy atom. The average Bonchev–Trinajstić information content (AvgIpc) is 2.58. The summed E-state index contributed by atoms with van der Waals surface area (Å²) in [7, 11) is 0.